The Morgan fingerprint density at radius 3 is 1.17 bits per heavy atom. The second-order valence-corrected chi connectivity index (χ2v) is 31.3. The molecule has 0 spiro atoms. The molecule has 0 saturated carbocycles. The van der Waals surface area contributed by atoms with Crippen LogP contribution >= 0.6 is 0 Å². The molecule has 17 rings (SSSR count). The van der Waals surface area contributed by atoms with Crippen LogP contribution < -0.4 is 59.2 Å². The number of furan rings is 2. The highest BCUT2D eigenvalue weighted by atomic mass is 19.1. The zero-order valence-electron chi connectivity index (χ0n) is 74.1. The second kappa shape index (κ2) is 41.0. The van der Waals surface area contributed by atoms with Crippen LogP contribution in [0.1, 0.15) is 143 Å². The van der Waals surface area contributed by atoms with Gasteiger partial charge >= 0.3 is 0 Å². The third-order valence-corrected chi connectivity index (χ3v) is 23.1. The molecule has 0 saturated heterocycles. The lowest BCUT2D eigenvalue weighted by Gasteiger charge is -2.11. The highest BCUT2D eigenvalue weighted by Gasteiger charge is 2.33. The number of H-pyrrole nitrogens is 1. The number of aryl methyl sites for hydroxylation is 1. The van der Waals surface area contributed by atoms with Gasteiger partial charge in [0.15, 0.2) is 51.8 Å². The molecule has 4 aromatic heterocycles. The van der Waals surface area contributed by atoms with Crippen LogP contribution in [0.2, 0.25) is 0 Å². The third-order valence-electron chi connectivity index (χ3n) is 23.1. The Kier molecular flexibility index (Phi) is 28.6. The van der Waals surface area contributed by atoms with Gasteiger partial charge in [-0.3, -0.25) is 19.2 Å². The van der Waals surface area contributed by atoms with E-state index >= 15 is 0 Å². The van der Waals surface area contributed by atoms with E-state index in [-0.39, 0.29) is 126 Å². The molecule has 0 unspecified atom stereocenters. The van der Waals surface area contributed by atoms with Gasteiger partial charge in [0.25, 0.3) is 0 Å². The standard InChI is InChI=1S/C27H27FN2O4.C26H25FN2O4.C26H24FNO5.C25H20FNO5/c1-16-21(10-17-11-24(33-3)27(32)25(12-17)34-4)20-8-7-18(28)13-23(20)22(16)14-26(31)29-15-19-6-5-9-30(19)2;1-15-20(9-16-10-23(32-2)26(31)24(11-16)33-3)19-7-6-17(27)12-22(19)21(15)13-25(30)29-14-18-5-4-8-28-18;1-15-20(9-16-10-23(27)26(30)24(11-16)32-3)19-7-6-17(31-2)12-22(19)21(15)13-25(29)28-14-18-5-4-8-33-18;1-14-19(7-15-8-22(28)25-23(9-15)31-13-32-25)18-5-4-16(26)10-21(18)20(14)11-24(29)27-12-17-3-2-6-30-17/h5-13,32H,14-15H2,1-4H3,(H,29,31);4-12,28,31H,13-14H2,1-3H3,(H,29,30);4-12,30H,13-14H2,1-3H3,(H,28,29);2-10,28H,11-13H2,1H3,(H,27,29)/b21-10-;2*20-9-;19-7-. The maximum absolute atomic E-state index is 14.2. The number of amides is 4. The Balaban J connectivity index is 0.000000142. The summed E-state index contributed by atoms with van der Waals surface area (Å²) in [4.78, 5) is 53.8. The molecule has 4 aliphatic carbocycles. The number of allylic oxidation sites excluding steroid dienone is 8. The van der Waals surface area contributed by atoms with Crippen molar-refractivity contribution in [3.63, 3.8) is 0 Å². The third kappa shape index (κ3) is 20.7. The van der Waals surface area contributed by atoms with Crippen LogP contribution in [-0.4, -0.2) is 103 Å². The Morgan fingerprint density at radius 2 is 0.795 bits per heavy atom. The number of fused-ring (bicyclic) bond motifs is 5. The van der Waals surface area contributed by atoms with E-state index in [1.54, 1.807) is 111 Å². The first-order valence-corrected chi connectivity index (χ1v) is 41.8. The number of nitrogens with zero attached hydrogens (tertiary/aromatic N) is 1. The van der Waals surface area contributed by atoms with Crippen LogP contribution in [0.25, 0.3) is 68.9 Å². The van der Waals surface area contributed by atoms with Gasteiger partial charge in [-0.1, -0.05) is 24.3 Å². The van der Waals surface area contributed by atoms with Gasteiger partial charge in [0.2, 0.25) is 47.7 Å². The van der Waals surface area contributed by atoms with Crippen molar-refractivity contribution in [3.8, 4) is 69.0 Å². The summed E-state index contributed by atoms with van der Waals surface area (Å²) >= 11 is 0. The zero-order valence-corrected chi connectivity index (χ0v) is 74.1. The van der Waals surface area contributed by atoms with Crippen LogP contribution in [0.4, 0.5) is 17.6 Å². The monoisotopic (exact) mass is 1790 g/mol. The number of phenolic OH excluding ortho intramolecular Hbond substituents is 4. The molecule has 8 aromatic carbocycles. The largest absolute Gasteiger partial charge is 0.504 e. The number of carbonyl (C=O) groups excluding carboxylic acids is 4. The molecule has 28 heteroatoms. The van der Waals surface area contributed by atoms with E-state index in [9.17, 15) is 57.2 Å². The molecule has 678 valence electrons. The number of hydrogen-bond acceptors (Lipinski definition) is 18. The summed E-state index contributed by atoms with van der Waals surface area (Å²) in [6.07, 6.45) is 14.9. The molecular formula is C104H96F4N6O18. The van der Waals surface area contributed by atoms with Crippen molar-refractivity contribution in [1.29, 1.82) is 0 Å². The first kappa shape index (κ1) is 92.2. The first-order valence-electron chi connectivity index (χ1n) is 41.8. The number of carbonyl (C=O) groups is 4. The van der Waals surface area contributed by atoms with Gasteiger partial charge in [-0.05, 0) is 331 Å². The highest BCUT2D eigenvalue weighted by Crippen LogP contribution is 2.51. The van der Waals surface area contributed by atoms with Crippen molar-refractivity contribution >= 4 is 92.5 Å². The van der Waals surface area contributed by atoms with Gasteiger partial charge < -0.3 is 98.0 Å². The van der Waals surface area contributed by atoms with Crippen LogP contribution in [0, 0.1) is 23.3 Å². The summed E-state index contributed by atoms with van der Waals surface area (Å²) in [6.45, 7) is 9.15. The predicted octanol–water partition coefficient (Wildman–Crippen LogP) is 19.9. The molecule has 5 heterocycles. The molecule has 9 N–H and O–H groups in total. The average molecular weight is 1790 g/mol. The smallest absolute Gasteiger partial charge is 0.231 e. The second-order valence-electron chi connectivity index (χ2n) is 31.3. The maximum atomic E-state index is 14.2. The van der Waals surface area contributed by atoms with Crippen molar-refractivity contribution in [1.82, 2.24) is 30.8 Å². The van der Waals surface area contributed by atoms with Crippen LogP contribution in [-0.2, 0) is 52.4 Å². The normalized spacial score (nSPS) is 14.2. The molecular weight excluding hydrogens is 1700 g/mol. The number of aromatic nitrogens is 2. The average Bonchev–Trinajstić information content (AvgIpc) is 1.70. The fourth-order valence-corrected chi connectivity index (χ4v) is 16.3. The van der Waals surface area contributed by atoms with E-state index < -0.39 is 11.6 Å². The van der Waals surface area contributed by atoms with Gasteiger partial charge in [-0.15, -0.1) is 0 Å². The zero-order chi connectivity index (χ0) is 93.7. The van der Waals surface area contributed by atoms with E-state index in [2.05, 4.69) is 26.3 Å². The predicted molar refractivity (Wildman–Crippen MR) is 495 cm³/mol. The van der Waals surface area contributed by atoms with E-state index in [0.29, 0.717) is 76.2 Å². The number of aromatic amines is 1. The lowest BCUT2D eigenvalue weighted by atomic mass is 10.00. The minimum absolute atomic E-state index is 0.0108. The van der Waals surface area contributed by atoms with Crippen molar-refractivity contribution in [2.45, 2.75) is 79.6 Å². The fourth-order valence-electron chi connectivity index (χ4n) is 16.3. The molecule has 0 bridgehead atoms. The van der Waals surface area contributed by atoms with E-state index in [1.807, 2.05) is 112 Å². The summed E-state index contributed by atoms with van der Waals surface area (Å²) in [5.41, 5.74) is 21.2. The molecule has 1 aliphatic heterocycles. The van der Waals surface area contributed by atoms with Crippen LogP contribution in [0.15, 0.2) is 226 Å². The highest BCUT2D eigenvalue weighted by molar-refractivity contribution is 6.12. The van der Waals surface area contributed by atoms with E-state index in [1.165, 1.54) is 78.0 Å². The van der Waals surface area contributed by atoms with Gasteiger partial charge in [0, 0.05) is 30.8 Å². The van der Waals surface area contributed by atoms with Crippen LogP contribution in [0.5, 0.6) is 69.0 Å². The van der Waals surface area contributed by atoms with Crippen LogP contribution in [0.3, 0.4) is 0 Å². The summed E-state index contributed by atoms with van der Waals surface area (Å²) in [5.74, 6) is 0.790. The number of benzene rings is 8. The van der Waals surface area contributed by atoms with Gasteiger partial charge in [0.05, 0.1) is 107 Å². The van der Waals surface area contributed by atoms with E-state index in [4.69, 9.17) is 46.7 Å². The summed E-state index contributed by atoms with van der Waals surface area (Å²) in [7, 11) is 10.8. The Bertz CT molecular complexity index is 6660. The summed E-state index contributed by atoms with van der Waals surface area (Å²) < 4.78 is 111. The van der Waals surface area contributed by atoms with Crippen molar-refractivity contribution in [2.75, 3.05) is 49.5 Å². The van der Waals surface area contributed by atoms with Crippen molar-refractivity contribution < 1.29 is 104 Å². The number of ether oxygens (including phenoxy) is 8. The molecule has 24 nitrogen and oxygen atoms in total. The van der Waals surface area contributed by atoms with Gasteiger partial charge in [0.1, 0.15) is 34.7 Å². The minimum atomic E-state index is -0.770. The number of halogens is 4. The molecule has 0 atom stereocenters. The maximum Gasteiger partial charge on any atom is 0.231 e. The van der Waals surface area contributed by atoms with Gasteiger partial charge in [-0.2, -0.15) is 0 Å². The summed E-state index contributed by atoms with van der Waals surface area (Å²) in [5, 5.41) is 52.0. The Morgan fingerprint density at radius 1 is 0.409 bits per heavy atom. The molecule has 132 heavy (non-hydrogen) atoms. The fraction of sp³-hybridized carbons (Fsp3) is 0.192. The number of nitrogens with one attached hydrogen (secondary N) is 5. The number of hydrogen-bond donors (Lipinski definition) is 9. The lowest BCUT2D eigenvalue weighted by Crippen LogP contribution is -2.23. The molecule has 12 aromatic rings. The lowest BCUT2D eigenvalue weighted by molar-refractivity contribution is -0.121. The SMILES string of the molecule is CC1=C(CC(=O)NCc2ccco2)c2cc(F)ccc2/C1=C\c1cc(O)c2c(c1)OCO2.COc1cc(/C=C2/C(C)=C(CC(=O)NCc3ccc[nH]3)c3cc(F)ccc32)cc(OC)c1O.COc1cc(/C=C2/C(C)=C(CC(=O)NCc3cccn3C)c3cc(F)ccc32)cc(OC)c1O.COc1ccc2c(c1)C(CC(=O)NCc1ccco1)=C(C)/C2=C/c1cc(F)c(O)c(OC)c1. The van der Waals surface area contributed by atoms with Crippen molar-refractivity contribution in [2.24, 2.45) is 7.05 Å². The topological polar surface area (TPSA) is 318 Å². The van der Waals surface area contributed by atoms with Gasteiger partial charge in [-0.25, -0.2) is 17.6 Å². The number of aromatic hydroxyl groups is 4. The number of rotatable bonds is 26. The minimum Gasteiger partial charge on any atom is -0.504 e. The molecule has 4 amide bonds. The summed E-state index contributed by atoms with van der Waals surface area (Å²) in [6, 6.07) is 47.1. The van der Waals surface area contributed by atoms with Crippen molar-refractivity contribution in [3.05, 3.63) is 330 Å². The first-order chi connectivity index (χ1) is 63.6. The Labute approximate surface area is 758 Å². The quantitative estimate of drug-likeness (QED) is 0.0228. The number of methoxy groups -OCH3 is 6. The number of phenols is 4. The molecule has 0 radical (unpaired) electrons. The molecule has 5 aliphatic rings. The Hall–Kier alpha value is -16.0. The molecule has 0 fully saturated rings. The van der Waals surface area contributed by atoms with E-state index in [0.717, 1.165) is 117 Å².